The summed E-state index contributed by atoms with van der Waals surface area (Å²) in [6.07, 6.45) is 1.64. The van der Waals surface area contributed by atoms with E-state index in [1.54, 1.807) is 0 Å². The molecule has 0 unspecified atom stereocenters. The number of benzene rings is 1. The highest BCUT2D eigenvalue weighted by atomic mass is 32.2. The molecule has 1 heterocycles. The SMILES string of the molecule is Nc1ccc(F)c(S(=O)(=O)NCCc2ncn[nH]2)c1. The standard InChI is InChI=1S/C10H12FN5O2S/c11-8-2-1-7(12)5-9(8)19(17,18)15-4-3-10-13-6-14-16-10/h1-2,5-6,15H,3-4,12H2,(H,13,14,16). The molecule has 1 aromatic carbocycles. The second-order valence-corrected chi connectivity index (χ2v) is 5.51. The van der Waals surface area contributed by atoms with Crippen LogP contribution in [-0.4, -0.2) is 30.1 Å². The molecule has 0 aliphatic rings. The van der Waals surface area contributed by atoms with E-state index in [1.165, 1.54) is 12.4 Å². The van der Waals surface area contributed by atoms with Crippen LogP contribution in [0.3, 0.4) is 0 Å². The lowest BCUT2D eigenvalue weighted by Gasteiger charge is -2.07. The second-order valence-electron chi connectivity index (χ2n) is 3.77. The number of hydrogen-bond donors (Lipinski definition) is 3. The normalized spacial score (nSPS) is 11.6. The number of hydrogen-bond acceptors (Lipinski definition) is 5. The Labute approximate surface area is 109 Å². The van der Waals surface area contributed by atoms with Crippen molar-refractivity contribution in [3.63, 3.8) is 0 Å². The third kappa shape index (κ3) is 3.26. The van der Waals surface area contributed by atoms with Crippen LogP contribution < -0.4 is 10.5 Å². The van der Waals surface area contributed by atoms with Crippen molar-refractivity contribution >= 4 is 15.7 Å². The number of aromatic nitrogens is 3. The Kier molecular flexibility index (Phi) is 3.76. The lowest BCUT2D eigenvalue weighted by atomic mass is 10.3. The lowest BCUT2D eigenvalue weighted by molar-refractivity contribution is 0.557. The average molecular weight is 285 g/mol. The number of nitrogens with one attached hydrogen (secondary N) is 2. The van der Waals surface area contributed by atoms with Gasteiger partial charge in [-0.25, -0.2) is 22.5 Å². The summed E-state index contributed by atoms with van der Waals surface area (Å²) < 4.78 is 39.5. The van der Waals surface area contributed by atoms with E-state index >= 15 is 0 Å². The van der Waals surface area contributed by atoms with Gasteiger partial charge in [-0.3, -0.25) is 5.10 Å². The highest BCUT2D eigenvalue weighted by Gasteiger charge is 2.18. The molecule has 2 aromatic rings. The zero-order valence-electron chi connectivity index (χ0n) is 9.80. The quantitative estimate of drug-likeness (QED) is 0.671. The summed E-state index contributed by atoms with van der Waals surface area (Å²) in [5.74, 6) is -0.308. The first-order valence-electron chi connectivity index (χ1n) is 5.38. The predicted octanol–water partition coefficient (Wildman–Crippen LogP) is 0.0470. The van der Waals surface area contributed by atoms with Crippen LogP contribution in [0.2, 0.25) is 0 Å². The van der Waals surface area contributed by atoms with Gasteiger partial charge in [0.05, 0.1) is 0 Å². The van der Waals surface area contributed by atoms with Crippen LogP contribution in [0.1, 0.15) is 5.82 Å². The first kappa shape index (κ1) is 13.4. The average Bonchev–Trinajstić information content (AvgIpc) is 2.85. The van der Waals surface area contributed by atoms with Crippen molar-refractivity contribution in [3.05, 3.63) is 36.2 Å². The van der Waals surface area contributed by atoms with E-state index in [0.29, 0.717) is 12.2 Å². The molecule has 0 spiro atoms. The number of sulfonamides is 1. The summed E-state index contributed by atoms with van der Waals surface area (Å²) in [5, 5.41) is 6.22. The third-order valence-corrected chi connectivity index (χ3v) is 3.84. The van der Waals surface area contributed by atoms with Gasteiger partial charge < -0.3 is 5.73 Å². The molecular formula is C10H12FN5O2S. The van der Waals surface area contributed by atoms with Gasteiger partial charge in [0.25, 0.3) is 0 Å². The van der Waals surface area contributed by atoms with Crippen molar-refractivity contribution in [2.75, 3.05) is 12.3 Å². The number of rotatable bonds is 5. The molecule has 1 aromatic heterocycles. The van der Waals surface area contributed by atoms with Crippen molar-refractivity contribution < 1.29 is 12.8 Å². The lowest BCUT2D eigenvalue weighted by Crippen LogP contribution is -2.27. The van der Waals surface area contributed by atoms with Crippen molar-refractivity contribution in [1.82, 2.24) is 19.9 Å². The largest absolute Gasteiger partial charge is 0.399 e. The van der Waals surface area contributed by atoms with E-state index in [9.17, 15) is 12.8 Å². The molecule has 2 rings (SSSR count). The first-order chi connectivity index (χ1) is 8.99. The maximum atomic E-state index is 13.5. The molecule has 9 heteroatoms. The van der Waals surface area contributed by atoms with Crippen molar-refractivity contribution in [2.24, 2.45) is 0 Å². The van der Waals surface area contributed by atoms with E-state index in [4.69, 9.17) is 5.73 Å². The zero-order valence-corrected chi connectivity index (χ0v) is 10.6. The number of anilines is 1. The maximum Gasteiger partial charge on any atom is 0.243 e. The van der Waals surface area contributed by atoms with Crippen LogP contribution in [0.4, 0.5) is 10.1 Å². The monoisotopic (exact) mass is 285 g/mol. The van der Waals surface area contributed by atoms with Crippen molar-refractivity contribution in [3.8, 4) is 0 Å². The summed E-state index contributed by atoms with van der Waals surface area (Å²) in [6.45, 7) is 0.0752. The summed E-state index contributed by atoms with van der Waals surface area (Å²) in [5.41, 5.74) is 5.63. The molecule has 0 amide bonds. The highest BCUT2D eigenvalue weighted by Crippen LogP contribution is 2.17. The molecular weight excluding hydrogens is 273 g/mol. The van der Waals surface area contributed by atoms with Gasteiger partial charge >= 0.3 is 0 Å². The van der Waals surface area contributed by atoms with Crippen molar-refractivity contribution in [2.45, 2.75) is 11.3 Å². The maximum absolute atomic E-state index is 13.5. The predicted molar refractivity (Wildman–Crippen MR) is 66.1 cm³/mol. The van der Waals surface area contributed by atoms with E-state index < -0.39 is 20.7 Å². The Morgan fingerprint density at radius 3 is 2.89 bits per heavy atom. The van der Waals surface area contributed by atoms with Crippen LogP contribution in [0.5, 0.6) is 0 Å². The van der Waals surface area contributed by atoms with Gasteiger partial charge in [0.2, 0.25) is 10.0 Å². The van der Waals surface area contributed by atoms with E-state index in [0.717, 1.165) is 12.1 Å². The van der Waals surface area contributed by atoms with Gasteiger partial charge in [-0.2, -0.15) is 5.10 Å². The molecule has 4 N–H and O–H groups in total. The number of aromatic amines is 1. The second kappa shape index (κ2) is 5.33. The number of nitrogens with zero attached hydrogens (tertiary/aromatic N) is 2. The van der Waals surface area contributed by atoms with E-state index in [-0.39, 0.29) is 12.2 Å². The Morgan fingerprint density at radius 1 is 1.42 bits per heavy atom. The Morgan fingerprint density at radius 2 is 2.21 bits per heavy atom. The molecule has 0 saturated carbocycles. The molecule has 0 saturated heterocycles. The van der Waals surface area contributed by atoms with Gasteiger partial charge in [0.15, 0.2) is 0 Å². The van der Waals surface area contributed by atoms with Gasteiger partial charge in [0, 0.05) is 18.7 Å². The number of nitrogen functional groups attached to an aromatic ring is 1. The molecule has 0 aliphatic carbocycles. The van der Waals surface area contributed by atoms with Crippen LogP contribution in [0.25, 0.3) is 0 Å². The number of nitrogens with two attached hydrogens (primary N) is 1. The number of halogens is 1. The van der Waals surface area contributed by atoms with Crippen LogP contribution >= 0.6 is 0 Å². The van der Waals surface area contributed by atoms with Gasteiger partial charge in [0.1, 0.15) is 22.9 Å². The minimum absolute atomic E-state index is 0.0752. The Bertz CT molecular complexity index is 657. The third-order valence-electron chi connectivity index (χ3n) is 2.36. The van der Waals surface area contributed by atoms with Gasteiger partial charge in [-0.05, 0) is 18.2 Å². The van der Waals surface area contributed by atoms with Gasteiger partial charge in [-0.15, -0.1) is 0 Å². The van der Waals surface area contributed by atoms with Crippen LogP contribution in [0.15, 0.2) is 29.4 Å². The van der Waals surface area contributed by atoms with Gasteiger partial charge in [-0.1, -0.05) is 0 Å². The molecule has 19 heavy (non-hydrogen) atoms. The summed E-state index contributed by atoms with van der Waals surface area (Å²) >= 11 is 0. The van der Waals surface area contributed by atoms with Crippen molar-refractivity contribution in [1.29, 1.82) is 0 Å². The molecule has 0 bridgehead atoms. The number of H-pyrrole nitrogens is 1. The van der Waals surface area contributed by atoms with Crippen LogP contribution in [0, 0.1) is 5.82 Å². The fourth-order valence-corrected chi connectivity index (χ4v) is 2.60. The Balaban J connectivity index is 2.07. The zero-order chi connectivity index (χ0) is 13.9. The molecule has 0 atom stereocenters. The topological polar surface area (TPSA) is 114 Å². The molecule has 0 radical (unpaired) electrons. The fraction of sp³-hybridized carbons (Fsp3) is 0.200. The smallest absolute Gasteiger partial charge is 0.243 e. The highest BCUT2D eigenvalue weighted by molar-refractivity contribution is 7.89. The molecule has 102 valence electrons. The molecule has 0 fully saturated rings. The summed E-state index contributed by atoms with van der Waals surface area (Å²) in [7, 11) is -3.93. The summed E-state index contributed by atoms with van der Waals surface area (Å²) in [6, 6.07) is 3.38. The Hall–Kier alpha value is -2.00. The minimum Gasteiger partial charge on any atom is -0.399 e. The molecule has 0 aliphatic heterocycles. The van der Waals surface area contributed by atoms with E-state index in [1.807, 2.05) is 0 Å². The van der Waals surface area contributed by atoms with E-state index in [2.05, 4.69) is 19.9 Å². The van der Waals surface area contributed by atoms with Crippen LogP contribution in [-0.2, 0) is 16.4 Å². The fourth-order valence-electron chi connectivity index (χ4n) is 1.46. The molecule has 7 nitrogen and oxygen atoms in total. The minimum atomic E-state index is -3.93. The first-order valence-corrected chi connectivity index (χ1v) is 6.86. The summed E-state index contributed by atoms with van der Waals surface area (Å²) in [4.78, 5) is 3.38.